The van der Waals surface area contributed by atoms with Gasteiger partial charge in [-0.3, -0.25) is 14.9 Å². The topological polar surface area (TPSA) is 129 Å². The van der Waals surface area contributed by atoms with Gasteiger partial charge in [0.25, 0.3) is 11.6 Å². The maximum Gasteiger partial charge on any atom is 0.416 e. The fraction of sp³-hybridized carbons (Fsp3) is 0.158. The zero-order valence-corrected chi connectivity index (χ0v) is 16.3. The Kier molecular flexibility index (Phi) is 6.18. The maximum absolute atomic E-state index is 12.8. The summed E-state index contributed by atoms with van der Waals surface area (Å²) in [6.07, 6.45) is -2.02. The van der Waals surface area contributed by atoms with Crippen molar-refractivity contribution < 1.29 is 32.4 Å². The van der Waals surface area contributed by atoms with Crippen LogP contribution >= 0.6 is 0 Å². The molecular weight excluding hydrogens is 435 g/mol. The number of nitro groups is 1. The van der Waals surface area contributed by atoms with Crippen LogP contribution in [0.25, 0.3) is 5.82 Å². The minimum atomic E-state index is -4.79. The largest absolute Gasteiger partial charge is 0.452 e. The summed E-state index contributed by atoms with van der Waals surface area (Å²) in [5.41, 5.74) is -2.21. The monoisotopic (exact) mass is 449 g/mol. The number of benzene rings is 1. The molecule has 13 heteroatoms. The van der Waals surface area contributed by atoms with Crippen LogP contribution in [0.2, 0.25) is 0 Å². The standard InChI is InChI=1S/C19H14F3N5O5/c1-11-13(9-24-26(11)16-4-2-3-7-23-16)18(29)32-10-17(28)25-14-6-5-12(19(20,21)22)8-15(14)27(30)31/h2-9H,10H2,1H3,(H,25,28). The third-order valence-electron chi connectivity index (χ3n) is 4.23. The Balaban J connectivity index is 1.67. The number of nitro benzene ring substituents is 1. The quantitative estimate of drug-likeness (QED) is 0.347. The van der Waals surface area contributed by atoms with E-state index in [1.807, 2.05) is 0 Å². The molecule has 0 unspecified atom stereocenters. The summed E-state index contributed by atoms with van der Waals surface area (Å²) in [4.78, 5) is 38.5. The molecule has 0 atom stereocenters. The molecule has 2 aromatic heterocycles. The number of carbonyl (C=O) groups excluding carboxylic acids is 2. The Morgan fingerprint density at radius 3 is 2.62 bits per heavy atom. The molecule has 1 N–H and O–H groups in total. The summed E-state index contributed by atoms with van der Waals surface area (Å²) < 4.78 is 44.6. The first-order chi connectivity index (χ1) is 15.1. The number of hydrogen-bond donors (Lipinski definition) is 1. The van der Waals surface area contributed by atoms with Gasteiger partial charge in [0.2, 0.25) is 0 Å². The second kappa shape index (κ2) is 8.83. The summed E-state index contributed by atoms with van der Waals surface area (Å²) >= 11 is 0. The lowest BCUT2D eigenvalue weighted by Crippen LogP contribution is -2.22. The molecule has 0 saturated heterocycles. The number of rotatable bonds is 6. The van der Waals surface area contributed by atoms with Gasteiger partial charge in [0.05, 0.1) is 22.4 Å². The van der Waals surface area contributed by atoms with Gasteiger partial charge in [0.15, 0.2) is 12.4 Å². The minimum Gasteiger partial charge on any atom is -0.452 e. The van der Waals surface area contributed by atoms with Crippen LogP contribution < -0.4 is 5.32 Å². The second-order valence-electron chi connectivity index (χ2n) is 6.35. The first-order valence-corrected chi connectivity index (χ1v) is 8.86. The van der Waals surface area contributed by atoms with Gasteiger partial charge in [0, 0.05) is 12.3 Å². The van der Waals surface area contributed by atoms with Gasteiger partial charge in [-0.1, -0.05) is 6.07 Å². The van der Waals surface area contributed by atoms with Crippen LogP contribution in [0.4, 0.5) is 24.5 Å². The zero-order chi connectivity index (χ0) is 23.5. The van der Waals surface area contributed by atoms with Crippen molar-refractivity contribution in [3.8, 4) is 5.82 Å². The smallest absolute Gasteiger partial charge is 0.416 e. The fourth-order valence-electron chi connectivity index (χ4n) is 2.68. The maximum atomic E-state index is 12.8. The highest BCUT2D eigenvalue weighted by atomic mass is 19.4. The highest BCUT2D eigenvalue weighted by molar-refractivity contribution is 5.97. The molecule has 3 aromatic rings. The number of nitrogens with one attached hydrogen (secondary N) is 1. The Morgan fingerprint density at radius 2 is 2.00 bits per heavy atom. The van der Waals surface area contributed by atoms with Gasteiger partial charge in [-0.05, 0) is 31.2 Å². The van der Waals surface area contributed by atoms with E-state index in [1.54, 1.807) is 31.3 Å². The van der Waals surface area contributed by atoms with E-state index in [9.17, 15) is 32.9 Å². The van der Waals surface area contributed by atoms with Crippen LogP contribution in [0.1, 0.15) is 21.6 Å². The van der Waals surface area contributed by atoms with Crippen LogP contribution in [0, 0.1) is 17.0 Å². The van der Waals surface area contributed by atoms with Crippen LogP contribution in [-0.4, -0.2) is 38.2 Å². The van der Waals surface area contributed by atoms with E-state index in [0.29, 0.717) is 23.6 Å². The lowest BCUT2D eigenvalue weighted by atomic mass is 10.1. The summed E-state index contributed by atoms with van der Waals surface area (Å²) in [7, 11) is 0. The molecule has 1 amide bonds. The Hall–Kier alpha value is -4.29. The molecule has 0 spiro atoms. The highest BCUT2D eigenvalue weighted by Gasteiger charge is 2.33. The number of alkyl halides is 3. The molecule has 0 aliphatic rings. The van der Waals surface area contributed by atoms with Gasteiger partial charge in [-0.15, -0.1) is 0 Å². The number of pyridine rings is 1. The molecule has 10 nitrogen and oxygen atoms in total. The molecular formula is C19H14F3N5O5. The van der Waals surface area contributed by atoms with Crippen molar-refractivity contribution in [2.24, 2.45) is 0 Å². The summed E-state index contributed by atoms with van der Waals surface area (Å²) in [6.45, 7) is 0.759. The molecule has 166 valence electrons. The van der Waals surface area contributed by atoms with E-state index in [0.717, 1.165) is 6.07 Å². The van der Waals surface area contributed by atoms with Crippen LogP contribution in [0.5, 0.6) is 0 Å². The van der Waals surface area contributed by atoms with Crippen molar-refractivity contribution in [3.63, 3.8) is 0 Å². The van der Waals surface area contributed by atoms with Gasteiger partial charge < -0.3 is 10.1 Å². The Morgan fingerprint density at radius 1 is 1.25 bits per heavy atom. The normalized spacial score (nSPS) is 11.1. The van der Waals surface area contributed by atoms with Crippen molar-refractivity contribution >= 4 is 23.3 Å². The van der Waals surface area contributed by atoms with E-state index in [2.05, 4.69) is 15.4 Å². The Labute approximate surface area is 177 Å². The molecule has 2 heterocycles. The molecule has 0 bridgehead atoms. The lowest BCUT2D eigenvalue weighted by Gasteiger charge is -2.10. The number of halogens is 3. The number of carbonyl (C=O) groups is 2. The SMILES string of the molecule is Cc1c(C(=O)OCC(=O)Nc2ccc(C(F)(F)F)cc2[N+](=O)[O-])cnn1-c1ccccn1. The van der Waals surface area contributed by atoms with Crippen molar-refractivity contribution in [1.29, 1.82) is 0 Å². The summed E-state index contributed by atoms with van der Waals surface area (Å²) in [5.74, 6) is -1.41. The number of hydrogen-bond acceptors (Lipinski definition) is 7. The zero-order valence-electron chi connectivity index (χ0n) is 16.3. The molecule has 32 heavy (non-hydrogen) atoms. The molecule has 0 aliphatic heterocycles. The summed E-state index contributed by atoms with van der Waals surface area (Å²) in [6, 6.07) is 6.74. The van der Waals surface area contributed by atoms with E-state index < -0.39 is 46.5 Å². The number of esters is 1. The van der Waals surface area contributed by atoms with Crippen molar-refractivity contribution in [1.82, 2.24) is 14.8 Å². The van der Waals surface area contributed by atoms with E-state index in [4.69, 9.17) is 4.74 Å². The number of nitrogens with zero attached hydrogens (tertiary/aromatic N) is 4. The van der Waals surface area contributed by atoms with Crippen LogP contribution in [-0.2, 0) is 15.7 Å². The van der Waals surface area contributed by atoms with Crippen molar-refractivity contribution in [3.05, 3.63) is 75.7 Å². The van der Waals surface area contributed by atoms with Gasteiger partial charge in [-0.25, -0.2) is 14.5 Å². The predicted molar refractivity (Wildman–Crippen MR) is 103 cm³/mol. The average molecular weight is 449 g/mol. The fourth-order valence-corrected chi connectivity index (χ4v) is 2.68. The average Bonchev–Trinajstić information content (AvgIpc) is 3.13. The van der Waals surface area contributed by atoms with Gasteiger partial charge in [-0.2, -0.15) is 18.3 Å². The summed E-state index contributed by atoms with van der Waals surface area (Å²) in [5, 5.41) is 17.2. The van der Waals surface area contributed by atoms with E-state index in [-0.39, 0.29) is 5.56 Å². The number of ether oxygens (including phenoxy) is 1. The first kappa shape index (κ1) is 22.4. The minimum absolute atomic E-state index is 0.0592. The molecule has 0 saturated carbocycles. The predicted octanol–water partition coefficient (Wildman–Crippen LogP) is 3.30. The third kappa shape index (κ3) is 4.88. The van der Waals surface area contributed by atoms with Crippen molar-refractivity contribution in [2.75, 3.05) is 11.9 Å². The van der Waals surface area contributed by atoms with Gasteiger partial charge in [0.1, 0.15) is 11.3 Å². The van der Waals surface area contributed by atoms with E-state index >= 15 is 0 Å². The Bertz CT molecular complexity index is 1180. The molecule has 0 radical (unpaired) electrons. The van der Waals surface area contributed by atoms with E-state index in [1.165, 1.54) is 10.9 Å². The number of aromatic nitrogens is 3. The molecule has 1 aromatic carbocycles. The molecule has 0 fully saturated rings. The van der Waals surface area contributed by atoms with Crippen LogP contribution in [0.15, 0.2) is 48.8 Å². The number of amides is 1. The third-order valence-corrected chi connectivity index (χ3v) is 4.23. The van der Waals surface area contributed by atoms with Crippen LogP contribution in [0.3, 0.4) is 0 Å². The highest BCUT2D eigenvalue weighted by Crippen LogP contribution is 2.34. The molecule has 0 aliphatic carbocycles. The van der Waals surface area contributed by atoms with Gasteiger partial charge >= 0.3 is 12.1 Å². The van der Waals surface area contributed by atoms with Crippen molar-refractivity contribution in [2.45, 2.75) is 13.1 Å². The second-order valence-corrected chi connectivity index (χ2v) is 6.35. The first-order valence-electron chi connectivity index (χ1n) is 8.86. The number of anilines is 1. The lowest BCUT2D eigenvalue weighted by molar-refractivity contribution is -0.384. The molecule has 3 rings (SSSR count).